The van der Waals surface area contributed by atoms with Crippen molar-refractivity contribution in [3.8, 4) is 0 Å². The summed E-state index contributed by atoms with van der Waals surface area (Å²) in [5, 5.41) is 48.0. The molecule has 2 fully saturated rings. The van der Waals surface area contributed by atoms with Crippen LogP contribution in [0.3, 0.4) is 0 Å². The van der Waals surface area contributed by atoms with Crippen LogP contribution < -0.4 is 10.6 Å². The van der Waals surface area contributed by atoms with Crippen LogP contribution in [0.1, 0.15) is 34.1 Å². The van der Waals surface area contributed by atoms with Gasteiger partial charge >= 0.3 is 5.97 Å². The van der Waals surface area contributed by atoms with Crippen LogP contribution >= 0.6 is 0 Å². The summed E-state index contributed by atoms with van der Waals surface area (Å²) in [5.74, 6) is -1.23. The normalized spacial score (nSPS) is 35.4. The molecule has 1 amide bonds. The Labute approximate surface area is 236 Å². The lowest BCUT2D eigenvalue weighted by Crippen LogP contribution is -2.67. The van der Waals surface area contributed by atoms with Gasteiger partial charge in [-0.1, -0.05) is 6.92 Å². The van der Waals surface area contributed by atoms with Crippen molar-refractivity contribution < 1.29 is 53.7 Å². The maximum absolute atomic E-state index is 11.9. The maximum atomic E-state index is 11.9. The van der Waals surface area contributed by atoms with Crippen LogP contribution in [0.15, 0.2) is 0 Å². The van der Waals surface area contributed by atoms with Gasteiger partial charge in [0.2, 0.25) is 5.91 Å². The van der Waals surface area contributed by atoms with Gasteiger partial charge in [-0.25, -0.2) is 0 Å². The molecule has 0 radical (unpaired) electrons. The second kappa shape index (κ2) is 16.9. The van der Waals surface area contributed by atoms with E-state index in [2.05, 4.69) is 10.6 Å². The van der Waals surface area contributed by atoms with E-state index < -0.39 is 73.4 Å². The zero-order chi connectivity index (χ0) is 30.0. The molecule has 40 heavy (non-hydrogen) atoms. The van der Waals surface area contributed by atoms with Gasteiger partial charge in [0.05, 0.1) is 50.6 Å². The summed E-state index contributed by atoms with van der Waals surface area (Å²) in [6.45, 7) is 7.36. The van der Waals surface area contributed by atoms with E-state index in [9.17, 15) is 30.0 Å². The van der Waals surface area contributed by atoms with Gasteiger partial charge in [0, 0.05) is 39.1 Å². The Morgan fingerprint density at radius 3 is 2.33 bits per heavy atom. The van der Waals surface area contributed by atoms with Gasteiger partial charge in [0.1, 0.15) is 31.0 Å². The number of ether oxygens (including phenoxy) is 5. The van der Waals surface area contributed by atoms with E-state index in [1.54, 1.807) is 13.8 Å². The Morgan fingerprint density at radius 2 is 1.73 bits per heavy atom. The zero-order valence-electron chi connectivity index (χ0n) is 24.4. The Bertz CT molecular complexity index is 778. The smallest absolute Gasteiger partial charge is 0.307 e. The summed E-state index contributed by atoms with van der Waals surface area (Å²) in [6.07, 6.45) is -6.45. The van der Waals surface area contributed by atoms with Gasteiger partial charge in [-0.15, -0.1) is 0 Å². The number of nitrogens with one attached hydrogen (secondary N) is 2. The summed E-state index contributed by atoms with van der Waals surface area (Å²) in [7, 11) is 3.36. The van der Waals surface area contributed by atoms with Crippen LogP contribution in [-0.2, 0) is 33.3 Å². The molecule has 0 aromatic rings. The molecule has 0 aromatic heterocycles. The van der Waals surface area contributed by atoms with Gasteiger partial charge in [0.15, 0.2) is 6.29 Å². The fourth-order valence-electron chi connectivity index (χ4n) is 5.37. The first-order chi connectivity index (χ1) is 18.9. The van der Waals surface area contributed by atoms with Gasteiger partial charge in [-0.2, -0.15) is 0 Å². The first-order valence-corrected chi connectivity index (χ1v) is 13.8. The number of aliphatic hydroxyl groups excluding tert-OH is 4. The fraction of sp³-hybridized carbons (Fsp3) is 0.923. The Morgan fingerprint density at radius 1 is 1.05 bits per heavy atom. The second-order valence-corrected chi connectivity index (χ2v) is 10.7. The van der Waals surface area contributed by atoms with E-state index in [0.717, 1.165) is 0 Å². The molecule has 0 aliphatic carbocycles. The van der Waals surface area contributed by atoms with E-state index in [1.165, 1.54) is 14.0 Å². The predicted octanol–water partition coefficient (Wildman–Crippen LogP) is -2.41. The number of nitrogens with zero attached hydrogens (tertiary/aromatic N) is 1. The molecular formula is C26H49N3O11. The summed E-state index contributed by atoms with van der Waals surface area (Å²) in [6, 6.07) is -1.57. The minimum Gasteiger partial charge on any atom is -0.463 e. The Kier molecular flexibility index (Phi) is 14.6. The molecule has 0 aromatic carbocycles. The van der Waals surface area contributed by atoms with Crippen LogP contribution in [0, 0.1) is 5.92 Å². The Balaban J connectivity index is 2.06. The minimum atomic E-state index is -1.21. The number of hydrogen-bond acceptors (Lipinski definition) is 13. The number of rotatable bonds is 15. The van der Waals surface area contributed by atoms with Gasteiger partial charge in [-0.3, -0.25) is 14.5 Å². The van der Waals surface area contributed by atoms with E-state index in [4.69, 9.17) is 23.7 Å². The maximum Gasteiger partial charge on any atom is 0.307 e. The van der Waals surface area contributed by atoms with Crippen molar-refractivity contribution in [2.24, 2.45) is 5.92 Å². The van der Waals surface area contributed by atoms with Crippen molar-refractivity contribution in [2.45, 2.75) is 95.2 Å². The Hall–Kier alpha value is -1.46. The number of esters is 1. The zero-order valence-corrected chi connectivity index (χ0v) is 24.4. The fourth-order valence-corrected chi connectivity index (χ4v) is 5.37. The lowest BCUT2D eigenvalue weighted by atomic mass is 9.88. The molecule has 14 heteroatoms. The van der Waals surface area contributed by atoms with Crippen LogP contribution in [-0.4, -0.2) is 152 Å². The third kappa shape index (κ3) is 9.54. The van der Waals surface area contributed by atoms with E-state index >= 15 is 0 Å². The average Bonchev–Trinajstić information content (AvgIpc) is 2.89. The first-order valence-electron chi connectivity index (χ1n) is 13.8. The van der Waals surface area contributed by atoms with Gasteiger partial charge < -0.3 is 54.7 Å². The quantitative estimate of drug-likeness (QED) is 0.0890. The minimum absolute atomic E-state index is 0.0566. The van der Waals surface area contributed by atoms with E-state index in [0.29, 0.717) is 19.7 Å². The number of likely N-dealkylation sites (N-methyl/N-ethyl adjacent to an activating group) is 1. The van der Waals surface area contributed by atoms with Crippen molar-refractivity contribution in [3.63, 3.8) is 0 Å². The molecule has 11 atom stereocenters. The molecule has 5 unspecified atom stereocenters. The number of aliphatic hydroxyl groups is 4. The number of carbonyl (C=O) groups is 2. The molecule has 2 aliphatic rings. The molecule has 0 spiro atoms. The van der Waals surface area contributed by atoms with Crippen LogP contribution in [0.4, 0.5) is 0 Å². The SMILES string of the molecule is COCCOC(=O)CCNC(C)CN(C)[C@H]1C(O)[C@H](O[C@@H]2OC(CO)[C@@H](C)C(O)[C@@H]2NC(C)=O)C(CO)O[C@H]1C. The summed E-state index contributed by atoms with van der Waals surface area (Å²) in [5.41, 5.74) is 0. The van der Waals surface area contributed by atoms with Crippen LogP contribution in [0.5, 0.6) is 0 Å². The second-order valence-electron chi connectivity index (χ2n) is 10.7. The predicted molar refractivity (Wildman–Crippen MR) is 142 cm³/mol. The highest BCUT2D eigenvalue weighted by molar-refractivity contribution is 5.73. The standard InChI is InChI=1S/C26H49N3O11/c1-14(27-8-7-20(33)37-10-9-36-6)11-29(5)22-16(3)38-19(13-31)25(24(22)35)40-26-21(28-17(4)32)23(34)15(2)18(12-30)39-26/h14-16,18-19,21-27,30-31,34-35H,7-13H2,1-6H3,(H,28,32)/t14?,15-,16+,18?,19?,21+,22-,23?,24?,25-,26+/m1/s1. The molecule has 14 nitrogen and oxygen atoms in total. The van der Waals surface area contributed by atoms with Crippen molar-refractivity contribution in [3.05, 3.63) is 0 Å². The number of hydrogen-bond donors (Lipinski definition) is 6. The van der Waals surface area contributed by atoms with E-state index in [1.807, 2.05) is 18.9 Å². The highest BCUT2D eigenvalue weighted by Crippen LogP contribution is 2.32. The van der Waals surface area contributed by atoms with Crippen molar-refractivity contribution >= 4 is 11.9 Å². The number of amides is 1. The molecule has 2 heterocycles. The summed E-state index contributed by atoms with van der Waals surface area (Å²) in [4.78, 5) is 25.6. The van der Waals surface area contributed by atoms with Crippen molar-refractivity contribution in [1.29, 1.82) is 0 Å². The van der Waals surface area contributed by atoms with Crippen molar-refractivity contribution in [1.82, 2.24) is 15.5 Å². The van der Waals surface area contributed by atoms with Crippen LogP contribution in [0.2, 0.25) is 0 Å². The molecule has 0 bridgehead atoms. The number of carbonyl (C=O) groups excluding carboxylic acids is 2. The highest BCUT2D eigenvalue weighted by atomic mass is 16.7. The molecule has 2 aliphatic heterocycles. The molecule has 0 saturated carbocycles. The molecule has 6 N–H and O–H groups in total. The van der Waals surface area contributed by atoms with Crippen LogP contribution in [0.25, 0.3) is 0 Å². The van der Waals surface area contributed by atoms with Crippen molar-refractivity contribution in [2.75, 3.05) is 53.7 Å². The largest absolute Gasteiger partial charge is 0.463 e. The van der Waals surface area contributed by atoms with Gasteiger partial charge in [-0.05, 0) is 20.9 Å². The molecule has 2 saturated heterocycles. The molecular weight excluding hydrogens is 530 g/mol. The molecule has 234 valence electrons. The van der Waals surface area contributed by atoms with Gasteiger partial charge in [0.25, 0.3) is 0 Å². The molecule has 2 rings (SSSR count). The number of methoxy groups -OCH3 is 1. The third-order valence-electron chi connectivity index (χ3n) is 7.48. The highest BCUT2D eigenvalue weighted by Gasteiger charge is 2.50. The van der Waals surface area contributed by atoms with E-state index in [-0.39, 0.29) is 31.6 Å². The average molecular weight is 580 g/mol. The monoisotopic (exact) mass is 579 g/mol. The summed E-state index contributed by atoms with van der Waals surface area (Å²) >= 11 is 0. The lowest BCUT2D eigenvalue weighted by molar-refractivity contribution is -0.310. The lowest BCUT2D eigenvalue weighted by Gasteiger charge is -2.50. The first kappa shape index (κ1) is 34.7. The third-order valence-corrected chi connectivity index (χ3v) is 7.48. The summed E-state index contributed by atoms with van der Waals surface area (Å²) < 4.78 is 28.0. The topological polar surface area (TPSA) is 189 Å².